The zero-order valence-corrected chi connectivity index (χ0v) is 13.3. The Hall–Kier alpha value is -1.03. The topological polar surface area (TPSA) is 46.2 Å². The molecule has 1 aromatic carbocycles. The lowest BCUT2D eigenvalue weighted by Gasteiger charge is -2.18. The van der Waals surface area contributed by atoms with Gasteiger partial charge in [-0.1, -0.05) is 32.4 Å². The molecule has 0 spiro atoms. The summed E-state index contributed by atoms with van der Waals surface area (Å²) in [6.45, 7) is 4.99. The van der Waals surface area contributed by atoms with Crippen molar-refractivity contribution >= 4 is 15.5 Å². The molecule has 112 valence electrons. The van der Waals surface area contributed by atoms with E-state index in [1.54, 1.807) is 12.1 Å². The minimum atomic E-state index is -3.16. The van der Waals surface area contributed by atoms with Crippen molar-refractivity contribution in [2.75, 3.05) is 17.6 Å². The lowest BCUT2D eigenvalue weighted by molar-refractivity contribution is 0.485. The van der Waals surface area contributed by atoms with E-state index in [0.717, 1.165) is 12.2 Å². The van der Waals surface area contributed by atoms with E-state index in [4.69, 9.17) is 0 Å². The van der Waals surface area contributed by atoms with Crippen LogP contribution >= 0.6 is 0 Å². The second-order valence-corrected chi connectivity index (χ2v) is 8.00. The van der Waals surface area contributed by atoms with Crippen LogP contribution < -0.4 is 5.32 Å². The average Bonchev–Trinajstić information content (AvgIpc) is 3.17. The van der Waals surface area contributed by atoms with Gasteiger partial charge in [0.1, 0.15) is 0 Å². The maximum absolute atomic E-state index is 12.3. The summed E-state index contributed by atoms with van der Waals surface area (Å²) in [4.78, 5) is 0.453. The second-order valence-electron chi connectivity index (χ2n) is 5.92. The number of sulfone groups is 1. The van der Waals surface area contributed by atoms with E-state index >= 15 is 0 Å². The Balaban J connectivity index is 2.13. The number of anilines is 1. The fourth-order valence-corrected chi connectivity index (χ4v) is 4.29. The first kappa shape index (κ1) is 15.4. The molecule has 0 aromatic heterocycles. The summed E-state index contributed by atoms with van der Waals surface area (Å²) in [6.07, 6.45) is 5.59. The Morgan fingerprint density at radius 2 is 1.85 bits per heavy atom. The molecule has 3 nitrogen and oxygen atoms in total. The molecule has 20 heavy (non-hydrogen) atoms. The van der Waals surface area contributed by atoms with Gasteiger partial charge in [-0.2, -0.15) is 0 Å². The molecule has 0 amide bonds. The van der Waals surface area contributed by atoms with Crippen molar-refractivity contribution in [2.24, 2.45) is 5.41 Å². The van der Waals surface area contributed by atoms with Gasteiger partial charge in [0.15, 0.2) is 9.84 Å². The highest BCUT2D eigenvalue weighted by Gasteiger charge is 2.41. The maximum Gasteiger partial charge on any atom is 0.180 e. The fraction of sp³-hybridized carbons (Fsp3) is 0.625. The first-order valence-electron chi connectivity index (χ1n) is 7.59. The van der Waals surface area contributed by atoms with Crippen LogP contribution in [0.25, 0.3) is 0 Å². The second kappa shape index (κ2) is 6.17. The molecule has 0 atom stereocenters. The molecule has 1 aliphatic rings. The van der Waals surface area contributed by atoms with Crippen molar-refractivity contribution in [3.8, 4) is 0 Å². The highest BCUT2D eigenvalue weighted by molar-refractivity contribution is 7.91. The Morgan fingerprint density at radius 3 is 2.45 bits per heavy atom. The van der Waals surface area contributed by atoms with Crippen LogP contribution in [0.3, 0.4) is 0 Å². The van der Waals surface area contributed by atoms with Crippen LogP contribution in [-0.2, 0) is 9.84 Å². The van der Waals surface area contributed by atoms with E-state index < -0.39 is 9.84 Å². The van der Waals surface area contributed by atoms with Gasteiger partial charge < -0.3 is 5.32 Å². The minimum Gasteiger partial charge on any atom is -0.383 e. The van der Waals surface area contributed by atoms with Gasteiger partial charge in [0.2, 0.25) is 0 Å². The third-order valence-electron chi connectivity index (χ3n) is 4.09. The quantitative estimate of drug-likeness (QED) is 0.792. The van der Waals surface area contributed by atoms with Crippen molar-refractivity contribution < 1.29 is 8.42 Å². The summed E-state index contributed by atoms with van der Waals surface area (Å²) >= 11 is 0. The third kappa shape index (κ3) is 3.54. The molecule has 1 aromatic rings. The summed E-state index contributed by atoms with van der Waals surface area (Å²) in [7, 11) is -3.16. The highest BCUT2D eigenvalue weighted by Crippen LogP contribution is 2.49. The molecule has 1 N–H and O–H groups in total. The van der Waals surface area contributed by atoms with Crippen LogP contribution in [0.4, 0.5) is 5.69 Å². The van der Waals surface area contributed by atoms with Crippen molar-refractivity contribution in [1.82, 2.24) is 0 Å². The Labute approximate surface area is 122 Å². The molecule has 0 aliphatic heterocycles. The van der Waals surface area contributed by atoms with Gasteiger partial charge in [-0.05, 0) is 43.2 Å². The van der Waals surface area contributed by atoms with Gasteiger partial charge in [-0.25, -0.2) is 8.42 Å². The molecule has 0 saturated heterocycles. The lowest BCUT2D eigenvalue weighted by Crippen LogP contribution is -2.17. The Morgan fingerprint density at radius 1 is 1.15 bits per heavy atom. The normalized spacial score (nSPS) is 16.9. The van der Waals surface area contributed by atoms with Crippen LogP contribution in [0.15, 0.2) is 29.2 Å². The van der Waals surface area contributed by atoms with Crippen LogP contribution in [-0.4, -0.2) is 20.7 Å². The van der Waals surface area contributed by atoms with Gasteiger partial charge in [-0.3, -0.25) is 0 Å². The molecule has 0 radical (unpaired) electrons. The maximum atomic E-state index is 12.3. The first-order valence-corrected chi connectivity index (χ1v) is 9.24. The predicted molar refractivity (Wildman–Crippen MR) is 83.9 cm³/mol. The van der Waals surface area contributed by atoms with Crippen LogP contribution in [0.2, 0.25) is 0 Å². The van der Waals surface area contributed by atoms with Crippen LogP contribution in [0.1, 0.15) is 46.0 Å². The number of para-hydroxylation sites is 1. The molecule has 1 fully saturated rings. The van der Waals surface area contributed by atoms with Gasteiger partial charge in [0.25, 0.3) is 0 Å². The SMILES string of the molecule is CCCC1(CNc2ccccc2S(=O)(=O)CCC)CC1. The first-order chi connectivity index (χ1) is 9.53. The summed E-state index contributed by atoms with van der Waals surface area (Å²) in [5, 5.41) is 3.39. The van der Waals surface area contributed by atoms with E-state index in [0.29, 0.717) is 16.7 Å². The average molecular weight is 295 g/mol. The zero-order valence-electron chi connectivity index (χ0n) is 12.5. The summed E-state index contributed by atoms with van der Waals surface area (Å²) in [5.74, 6) is 0.214. The number of nitrogens with one attached hydrogen (secondary N) is 1. The number of rotatable bonds is 8. The van der Waals surface area contributed by atoms with Crippen LogP contribution in [0, 0.1) is 5.41 Å². The van der Waals surface area contributed by atoms with E-state index in [-0.39, 0.29) is 5.75 Å². The summed E-state index contributed by atoms with van der Waals surface area (Å²) in [6, 6.07) is 7.29. The van der Waals surface area contributed by atoms with Gasteiger partial charge in [0.05, 0.1) is 16.3 Å². The number of hydrogen-bond donors (Lipinski definition) is 1. The molecule has 0 unspecified atom stereocenters. The Kier molecular flexibility index (Phi) is 4.74. The summed E-state index contributed by atoms with van der Waals surface area (Å²) in [5.41, 5.74) is 1.18. The smallest absolute Gasteiger partial charge is 0.180 e. The van der Waals surface area contributed by atoms with Crippen molar-refractivity contribution in [1.29, 1.82) is 0 Å². The summed E-state index contributed by atoms with van der Waals surface area (Å²) < 4.78 is 24.6. The molecule has 1 aliphatic carbocycles. The van der Waals surface area contributed by atoms with Gasteiger partial charge in [-0.15, -0.1) is 0 Å². The molecular weight excluding hydrogens is 270 g/mol. The Bertz CT molecular complexity index is 547. The van der Waals surface area contributed by atoms with Gasteiger partial charge in [0, 0.05) is 6.54 Å². The number of benzene rings is 1. The molecule has 2 rings (SSSR count). The van der Waals surface area contributed by atoms with E-state index in [2.05, 4.69) is 12.2 Å². The third-order valence-corrected chi connectivity index (χ3v) is 6.06. The van der Waals surface area contributed by atoms with E-state index in [1.807, 2.05) is 19.1 Å². The number of hydrogen-bond acceptors (Lipinski definition) is 3. The fourth-order valence-electron chi connectivity index (χ4n) is 2.77. The zero-order chi connectivity index (χ0) is 14.6. The standard InChI is InChI=1S/C16H25NO2S/c1-3-9-16(10-11-16)13-17-14-7-5-6-8-15(14)20(18,19)12-4-2/h5-8,17H,3-4,9-13H2,1-2H3. The molecule has 1 saturated carbocycles. The largest absolute Gasteiger partial charge is 0.383 e. The molecule has 4 heteroatoms. The van der Waals surface area contributed by atoms with Crippen molar-refractivity contribution in [3.05, 3.63) is 24.3 Å². The predicted octanol–water partition coefficient (Wildman–Crippen LogP) is 3.86. The van der Waals surface area contributed by atoms with E-state index in [9.17, 15) is 8.42 Å². The van der Waals surface area contributed by atoms with Crippen molar-refractivity contribution in [2.45, 2.75) is 50.8 Å². The monoisotopic (exact) mass is 295 g/mol. The molecular formula is C16H25NO2S. The molecule has 0 heterocycles. The van der Waals surface area contributed by atoms with Crippen molar-refractivity contribution in [3.63, 3.8) is 0 Å². The van der Waals surface area contributed by atoms with E-state index in [1.165, 1.54) is 25.7 Å². The lowest BCUT2D eigenvalue weighted by atomic mass is 10.0. The minimum absolute atomic E-state index is 0.214. The van der Waals surface area contributed by atoms with Crippen LogP contribution in [0.5, 0.6) is 0 Å². The van der Waals surface area contributed by atoms with Gasteiger partial charge >= 0.3 is 0 Å². The highest BCUT2D eigenvalue weighted by atomic mass is 32.2. The molecule has 0 bridgehead atoms.